The van der Waals surface area contributed by atoms with Gasteiger partial charge in [-0.2, -0.15) is 5.26 Å². The lowest BCUT2D eigenvalue weighted by Gasteiger charge is -2.22. The molecule has 0 aromatic heterocycles. The fourth-order valence-electron chi connectivity index (χ4n) is 1.52. The van der Waals surface area contributed by atoms with Crippen molar-refractivity contribution in [1.29, 1.82) is 5.26 Å². The van der Waals surface area contributed by atoms with Gasteiger partial charge in [0.2, 0.25) is 6.41 Å². The maximum Gasteiger partial charge on any atom is 0.211 e. The van der Waals surface area contributed by atoms with Crippen LogP contribution >= 0.6 is 0 Å². The Morgan fingerprint density at radius 1 is 1.56 bits per heavy atom. The van der Waals surface area contributed by atoms with Crippen LogP contribution in [0.5, 0.6) is 0 Å². The van der Waals surface area contributed by atoms with Crippen molar-refractivity contribution in [2.24, 2.45) is 0 Å². The molecule has 0 fully saturated rings. The topological polar surface area (TPSA) is 56.1 Å². The molecule has 84 valence electrons. The summed E-state index contributed by atoms with van der Waals surface area (Å²) < 4.78 is 0. The number of nitriles is 1. The average Bonchev–Trinajstić information content (AvgIpc) is 2.31. The molecule has 0 saturated carbocycles. The van der Waals surface area contributed by atoms with Crippen LogP contribution in [0.3, 0.4) is 0 Å². The van der Waals surface area contributed by atoms with Crippen LogP contribution in [0.25, 0.3) is 0 Å². The Morgan fingerprint density at radius 3 is 3.00 bits per heavy atom. The number of nitrogens with one attached hydrogen (secondary N) is 1. The molecule has 0 heterocycles. The summed E-state index contributed by atoms with van der Waals surface area (Å²) in [5.41, 5.74) is 1.78. The van der Waals surface area contributed by atoms with E-state index in [4.69, 9.17) is 5.26 Å². The van der Waals surface area contributed by atoms with Gasteiger partial charge in [0.15, 0.2) is 0 Å². The van der Waals surface area contributed by atoms with Crippen molar-refractivity contribution in [2.45, 2.75) is 13.3 Å². The molecule has 0 atom stereocenters. The summed E-state index contributed by atoms with van der Waals surface area (Å²) in [5.74, 6) is 0. The van der Waals surface area contributed by atoms with Crippen molar-refractivity contribution in [2.75, 3.05) is 23.3 Å². The molecule has 0 bridgehead atoms. The first kappa shape index (κ1) is 12.1. The molecule has 0 aliphatic carbocycles. The van der Waals surface area contributed by atoms with Crippen molar-refractivity contribution in [3.63, 3.8) is 0 Å². The number of hydrogen-bond acceptors (Lipinski definition) is 3. The number of rotatable bonds is 6. The van der Waals surface area contributed by atoms with Crippen molar-refractivity contribution in [3.05, 3.63) is 24.3 Å². The highest BCUT2D eigenvalue weighted by Crippen LogP contribution is 2.19. The summed E-state index contributed by atoms with van der Waals surface area (Å²) in [6, 6.07) is 9.71. The van der Waals surface area contributed by atoms with Gasteiger partial charge in [-0.3, -0.25) is 4.79 Å². The summed E-state index contributed by atoms with van der Waals surface area (Å²) in [6.07, 6.45) is 1.16. The number of amides is 1. The van der Waals surface area contributed by atoms with Crippen molar-refractivity contribution >= 4 is 17.8 Å². The smallest absolute Gasteiger partial charge is 0.211 e. The fraction of sp³-hybridized carbons (Fsp3) is 0.333. The molecule has 1 aromatic carbocycles. The molecular weight excluding hydrogens is 202 g/mol. The van der Waals surface area contributed by atoms with E-state index in [0.29, 0.717) is 19.4 Å². The second kappa shape index (κ2) is 6.46. The van der Waals surface area contributed by atoms with E-state index >= 15 is 0 Å². The number of anilines is 2. The lowest BCUT2D eigenvalue weighted by molar-refractivity contribution is -0.105. The van der Waals surface area contributed by atoms with Crippen LogP contribution < -0.4 is 10.2 Å². The Hall–Kier alpha value is -2.02. The third kappa shape index (κ3) is 3.28. The second-order valence-electron chi connectivity index (χ2n) is 3.30. The number of carbonyl (C=O) groups is 1. The van der Waals surface area contributed by atoms with Crippen molar-refractivity contribution in [3.8, 4) is 6.07 Å². The third-order valence-corrected chi connectivity index (χ3v) is 2.31. The first-order valence-electron chi connectivity index (χ1n) is 5.24. The van der Waals surface area contributed by atoms with E-state index in [1.807, 2.05) is 31.2 Å². The standard InChI is InChI=1S/C12H15N3O/c1-2-15(8-4-7-13)12-6-3-5-11(9-12)14-10-16/h3,5-6,9-10H,2,4,8H2,1H3,(H,14,16). The molecule has 0 spiro atoms. The van der Waals surface area contributed by atoms with Crippen LogP contribution in [0.1, 0.15) is 13.3 Å². The SMILES string of the molecule is CCN(CCC#N)c1cccc(NC=O)c1. The van der Waals surface area contributed by atoms with Gasteiger partial charge in [-0.05, 0) is 25.1 Å². The minimum Gasteiger partial charge on any atom is -0.371 e. The molecule has 16 heavy (non-hydrogen) atoms. The molecule has 0 unspecified atom stereocenters. The zero-order chi connectivity index (χ0) is 11.8. The second-order valence-corrected chi connectivity index (χ2v) is 3.30. The Labute approximate surface area is 95.5 Å². The minimum absolute atomic E-state index is 0.499. The summed E-state index contributed by atoms with van der Waals surface area (Å²) in [4.78, 5) is 12.4. The Morgan fingerprint density at radius 2 is 2.38 bits per heavy atom. The normalized spacial score (nSPS) is 9.25. The number of hydrogen-bond donors (Lipinski definition) is 1. The van der Waals surface area contributed by atoms with Crippen LogP contribution in [0.15, 0.2) is 24.3 Å². The maximum atomic E-state index is 10.3. The van der Waals surface area contributed by atoms with Gasteiger partial charge in [-0.1, -0.05) is 6.07 Å². The van der Waals surface area contributed by atoms with Crippen LogP contribution in [-0.2, 0) is 4.79 Å². The summed E-state index contributed by atoms with van der Waals surface area (Å²) in [7, 11) is 0. The predicted molar refractivity (Wildman–Crippen MR) is 64.2 cm³/mol. The van der Waals surface area contributed by atoms with E-state index in [9.17, 15) is 4.79 Å². The van der Waals surface area contributed by atoms with Crippen LogP contribution in [0.2, 0.25) is 0 Å². The zero-order valence-corrected chi connectivity index (χ0v) is 9.31. The molecule has 1 aromatic rings. The van der Waals surface area contributed by atoms with Gasteiger partial charge in [0.25, 0.3) is 0 Å². The minimum atomic E-state index is 0.499. The van der Waals surface area contributed by atoms with E-state index in [1.54, 1.807) is 0 Å². The molecule has 4 heteroatoms. The van der Waals surface area contributed by atoms with Crippen LogP contribution in [-0.4, -0.2) is 19.5 Å². The fourth-order valence-corrected chi connectivity index (χ4v) is 1.52. The monoisotopic (exact) mass is 217 g/mol. The average molecular weight is 217 g/mol. The highest BCUT2D eigenvalue weighted by atomic mass is 16.1. The van der Waals surface area contributed by atoms with Gasteiger partial charge in [-0.15, -0.1) is 0 Å². The Kier molecular flexibility index (Phi) is 4.87. The summed E-state index contributed by atoms with van der Waals surface area (Å²) in [5, 5.41) is 11.2. The zero-order valence-electron chi connectivity index (χ0n) is 9.31. The van der Waals surface area contributed by atoms with Gasteiger partial charge in [0.05, 0.1) is 12.5 Å². The van der Waals surface area contributed by atoms with E-state index < -0.39 is 0 Å². The summed E-state index contributed by atoms with van der Waals surface area (Å²) >= 11 is 0. The molecule has 1 rings (SSSR count). The van der Waals surface area contributed by atoms with Gasteiger partial charge in [0, 0.05) is 24.5 Å². The van der Waals surface area contributed by atoms with Gasteiger partial charge >= 0.3 is 0 Å². The lowest BCUT2D eigenvalue weighted by Crippen LogP contribution is -2.23. The Balaban J connectivity index is 2.79. The van der Waals surface area contributed by atoms with Crippen molar-refractivity contribution < 1.29 is 4.79 Å². The summed E-state index contributed by atoms with van der Waals surface area (Å²) in [6.45, 7) is 3.58. The van der Waals surface area contributed by atoms with Gasteiger partial charge in [-0.25, -0.2) is 0 Å². The number of benzene rings is 1. The molecule has 0 aliphatic rings. The Bertz CT molecular complexity index is 384. The van der Waals surface area contributed by atoms with Gasteiger partial charge in [0.1, 0.15) is 0 Å². The van der Waals surface area contributed by atoms with E-state index in [1.165, 1.54) is 0 Å². The first-order valence-corrected chi connectivity index (χ1v) is 5.24. The number of carbonyl (C=O) groups excluding carboxylic acids is 1. The van der Waals surface area contributed by atoms with Gasteiger partial charge < -0.3 is 10.2 Å². The maximum absolute atomic E-state index is 10.3. The van der Waals surface area contributed by atoms with E-state index in [2.05, 4.69) is 16.3 Å². The highest BCUT2D eigenvalue weighted by molar-refractivity contribution is 5.73. The molecule has 0 aliphatic heterocycles. The molecule has 0 saturated heterocycles. The van der Waals surface area contributed by atoms with Crippen LogP contribution in [0.4, 0.5) is 11.4 Å². The van der Waals surface area contributed by atoms with Crippen molar-refractivity contribution in [1.82, 2.24) is 0 Å². The first-order chi connectivity index (χ1) is 7.81. The molecule has 1 N–H and O–H groups in total. The third-order valence-electron chi connectivity index (χ3n) is 2.31. The number of nitrogens with zero attached hydrogens (tertiary/aromatic N) is 2. The predicted octanol–water partition coefficient (Wildman–Crippen LogP) is 1.99. The molecule has 4 nitrogen and oxygen atoms in total. The van der Waals surface area contributed by atoms with Crippen LogP contribution in [0, 0.1) is 11.3 Å². The lowest BCUT2D eigenvalue weighted by atomic mass is 10.2. The quantitative estimate of drug-likeness (QED) is 0.741. The molecule has 1 amide bonds. The largest absolute Gasteiger partial charge is 0.371 e. The highest BCUT2D eigenvalue weighted by Gasteiger charge is 2.03. The molecule has 0 radical (unpaired) electrons. The van der Waals surface area contributed by atoms with E-state index in [0.717, 1.165) is 17.9 Å². The molecular formula is C12H15N3O. The van der Waals surface area contributed by atoms with E-state index in [-0.39, 0.29) is 0 Å².